The predicted octanol–water partition coefficient (Wildman–Crippen LogP) is 1.09. The number of carbonyl (C=O) groups is 1. The molecule has 0 amide bonds. The molecule has 3 nitrogen and oxygen atoms in total. The Balaban J connectivity index is 3.19. The van der Waals surface area contributed by atoms with E-state index in [9.17, 15) is 4.79 Å². The van der Waals surface area contributed by atoms with Crippen LogP contribution in [0.2, 0.25) is 0 Å². The fraction of sp³-hybridized carbons (Fsp3) is 0.200. The third-order valence-corrected chi connectivity index (χ3v) is 1.80. The summed E-state index contributed by atoms with van der Waals surface area (Å²) in [5.41, 5.74) is 1.49. The lowest BCUT2D eigenvalue weighted by atomic mass is 10.1. The van der Waals surface area contributed by atoms with Crippen molar-refractivity contribution in [3.63, 3.8) is 0 Å². The first-order valence-corrected chi connectivity index (χ1v) is 4.02. The maximum Gasteiger partial charge on any atom is 0.150 e. The Hall–Kier alpha value is -1.64. The summed E-state index contributed by atoms with van der Waals surface area (Å²) in [5.74, 6) is 0.725. The van der Waals surface area contributed by atoms with Gasteiger partial charge in [-0.2, -0.15) is 0 Å². The first kappa shape index (κ1) is 9.45. The number of nitrogens with one attached hydrogen (secondary N) is 1. The lowest BCUT2D eigenvalue weighted by Gasteiger charge is -2.06. The molecule has 1 aromatic rings. The van der Waals surface area contributed by atoms with Gasteiger partial charge in [0.15, 0.2) is 6.29 Å². The van der Waals surface area contributed by atoms with Crippen LogP contribution in [0.5, 0.6) is 0 Å². The van der Waals surface area contributed by atoms with Crippen LogP contribution < -0.4 is 5.32 Å². The third-order valence-electron chi connectivity index (χ3n) is 1.80. The topological polar surface area (TPSA) is 41.5 Å². The number of nitrogens with zero attached hydrogens (tertiary/aromatic N) is 1. The average molecular weight is 176 g/mol. The van der Waals surface area contributed by atoms with Crippen LogP contribution in [0, 0.1) is 0 Å². The zero-order chi connectivity index (χ0) is 9.68. The molecule has 1 aromatic carbocycles. The molecule has 0 bridgehead atoms. The second-order valence-corrected chi connectivity index (χ2v) is 2.53. The van der Waals surface area contributed by atoms with Crippen molar-refractivity contribution in [3.8, 4) is 0 Å². The van der Waals surface area contributed by atoms with Gasteiger partial charge in [0.25, 0.3) is 0 Å². The Kier molecular flexibility index (Phi) is 3.20. The van der Waals surface area contributed by atoms with E-state index in [1.807, 2.05) is 18.2 Å². The van der Waals surface area contributed by atoms with Gasteiger partial charge in [-0.3, -0.25) is 9.79 Å². The van der Waals surface area contributed by atoms with Gasteiger partial charge in [0.1, 0.15) is 5.84 Å². The van der Waals surface area contributed by atoms with Crippen LogP contribution in [0.4, 0.5) is 0 Å². The number of benzene rings is 1. The van der Waals surface area contributed by atoms with Crippen molar-refractivity contribution in [2.24, 2.45) is 4.99 Å². The van der Waals surface area contributed by atoms with Crippen molar-refractivity contribution < 1.29 is 4.79 Å². The molecule has 0 unspecified atom stereocenters. The van der Waals surface area contributed by atoms with Gasteiger partial charge < -0.3 is 5.32 Å². The Morgan fingerprint density at radius 3 is 2.69 bits per heavy atom. The number of rotatable bonds is 2. The number of aliphatic imine (C=N–C) groups is 1. The molecular weight excluding hydrogens is 164 g/mol. The summed E-state index contributed by atoms with van der Waals surface area (Å²) in [6.07, 6.45) is 0.831. The molecule has 0 aliphatic carbocycles. The molecule has 3 heteroatoms. The van der Waals surface area contributed by atoms with Gasteiger partial charge >= 0.3 is 0 Å². The van der Waals surface area contributed by atoms with Crippen LogP contribution in [0.3, 0.4) is 0 Å². The van der Waals surface area contributed by atoms with Crippen LogP contribution in [0.25, 0.3) is 0 Å². The Morgan fingerprint density at radius 1 is 1.46 bits per heavy atom. The smallest absolute Gasteiger partial charge is 0.150 e. The summed E-state index contributed by atoms with van der Waals surface area (Å²) in [7, 11) is 3.47. The molecule has 13 heavy (non-hydrogen) atoms. The van der Waals surface area contributed by atoms with Crippen molar-refractivity contribution in [3.05, 3.63) is 35.4 Å². The highest BCUT2D eigenvalue weighted by Crippen LogP contribution is 2.05. The minimum atomic E-state index is 0.650. The Morgan fingerprint density at radius 2 is 2.15 bits per heavy atom. The highest BCUT2D eigenvalue weighted by atomic mass is 16.1. The molecule has 68 valence electrons. The number of aldehydes is 1. The largest absolute Gasteiger partial charge is 0.373 e. The highest BCUT2D eigenvalue weighted by molar-refractivity contribution is 6.04. The van der Waals surface area contributed by atoms with Crippen molar-refractivity contribution in [2.45, 2.75) is 0 Å². The van der Waals surface area contributed by atoms with E-state index in [-0.39, 0.29) is 0 Å². The zero-order valence-electron chi connectivity index (χ0n) is 7.74. The molecule has 0 aliphatic heterocycles. The molecule has 0 fully saturated rings. The summed E-state index contributed by atoms with van der Waals surface area (Å²) in [5, 5.41) is 2.93. The average Bonchev–Trinajstić information content (AvgIpc) is 2.20. The van der Waals surface area contributed by atoms with Gasteiger partial charge in [0.2, 0.25) is 0 Å². The van der Waals surface area contributed by atoms with E-state index in [0.29, 0.717) is 5.56 Å². The van der Waals surface area contributed by atoms with Crippen LogP contribution in [-0.2, 0) is 0 Å². The number of hydrogen-bond acceptors (Lipinski definition) is 2. The number of hydrogen-bond donors (Lipinski definition) is 1. The normalized spacial score (nSPS) is 11.1. The van der Waals surface area contributed by atoms with Crippen LogP contribution in [0.1, 0.15) is 15.9 Å². The van der Waals surface area contributed by atoms with Crippen LogP contribution in [-0.4, -0.2) is 26.2 Å². The van der Waals surface area contributed by atoms with Crippen LogP contribution >= 0.6 is 0 Å². The van der Waals surface area contributed by atoms with Gasteiger partial charge in [0.05, 0.1) is 0 Å². The van der Waals surface area contributed by atoms with E-state index in [2.05, 4.69) is 10.3 Å². The quantitative estimate of drug-likeness (QED) is 0.416. The zero-order valence-corrected chi connectivity index (χ0v) is 7.74. The molecule has 0 saturated carbocycles. The van der Waals surface area contributed by atoms with E-state index in [4.69, 9.17) is 0 Å². The van der Waals surface area contributed by atoms with Gasteiger partial charge in [-0.1, -0.05) is 24.3 Å². The molecule has 0 heterocycles. The number of carbonyl (C=O) groups excluding carboxylic acids is 1. The van der Waals surface area contributed by atoms with E-state index in [0.717, 1.165) is 17.7 Å². The summed E-state index contributed by atoms with van der Waals surface area (Å²) in [6.45, 7) is 0. The van der Waals surface area contributed by atoms with Crippen molar-refractivity contribution in [2.75, 3.05) is 14.1 Å². The van der Waals surface area contributed by atoms with Crippen molar-refractivity contribution in [1.82, 2.24) is 5.32 Å². The fourth-order valence-corrected chi connectivity index (χ4v) is 1.18. The van der Waals surface area contributed by atoms with Gasteiger partial charge in [0, 0.05) is 25.2 Å². The fourth-order valence-electron chi connectivity index (χ4n) is 1.18. The van der Waals surface area contributed by atoms with E-state index >= 15 is 0 Å². The second kappa shape index (κ2) is 4.40. The molecule has 1 N–H and O–H groups in total. The molecule has 0 atom stereocenters. The van der Waals surface area contributed by atoms with Crippen molar-refractivity contribution in [1.29, 1.82) is 0 Å². The molecule has 0 aromatic heterocycles. The lowest BCUT2D eigenvalue weighted by molar-refractivity contribution is 0.112. The first-order valence-electron chi connectivity index (χ1n) is 4.02. The van der Waals surface area contributed by atoms with Crippen molar-refractivity contribution >= 4 is 12.1 Å². The van der Waals surface area contributed by atoms with E-state index < -0.39 is 0 Å². The predicted molar refractivity (Wildman–Crippen MR) is 53.4 cm³/mol. The molecule has 0 saturated heterocycles. The monoisotopic (exact) mass is 176 g/mol. The third kappa shape index (κ3) is 1.93. The summed E-state index contributed by atoms with van der Waals surface area (Å²) in [4.78, 5) is 14.7. The summed E-state index contributed by atoms with van der Waals surface area (Å²) in [6, 6.07) is 7.34. The summed E-state index contributed by atoms with van der Waals surface area (Å²) < 4.78 is 0. The molecule has 0 aliphatic rings. The highest BCUT2D eigenvalue weighted by Gasteiger charge is 2.04. The standard InChI is InChI=1S/C10H12N2O/c1-11-10(12-2)9-6-4-3-5-8(9)7-13/h3-7H,1-2H3,(H,11,12). The van der Waals surface area contributed by atoms with Gasteiger partial charge in [-0.05, 0) is 0 Å². The van der Waals surface area contributed by atoms with Gasteiger partial charge in [-0.25, -0.2) is 0 Å². The SMILES string of the molecule is CN=C(NC)c1ccccc1C=O. The summed E-state index contributed by atoms with van der Waals surface area (Å²) >= 11 is 0. The second-order valence-electron chi connectivity index (χ2n) is 2.53. The van der Waals surface area contributed by atoms with E-state index in [1.165, 1.54) is 0 Å². The van der Waals surface area contributed by atoms with Crippen LogP contribution in [0.15, 0.2) is 29.3 Å². The maximum atomic E-state index is 10.7. The molecule has 1 rings (SSSR count). The minimum Gasteiger partial charge on any atom is -0.373 e. The van der Waals surface area contributed by atoms with E-state index in [1.54, 1.807) is 20.2 Å². The Bertz CT molecular complexity index is 331. The number of amidine groups is 1. The molecular formula is C10H12N2O. The Labute approximate surface area is 77.5 Å². The lowest BCUT2D eigenvalue weighted by Crippen LogP contribution is -2.20. The van der Waals surface area contributed by atoms with Gasteiger partial charge in [-0.15, -0.1) is 0 Å². The minimum absolute atomic E-state index is 0.650. The maximum absolute atomic E-state index is 10.7. The first-order chi connectivity index (χ1) is 6.33. The molecule has 0 radical (unpaired) electrons. The molecule has 0 spiro atoms.